The van der Waals surface area contributed by atoms with E-state index in [1.165, 1.54) is 11.3 Å². The maximum atomic E-state index is 13.3. The minimum absolute atomic E-state index is 0.0969. The highest BCUT2D eigenvalue weighted by Gasteiger charge is 2.28. The summed E-state index contributed by atoms with van der Waals surface area (Å²) >= 11 is 13.9. The Balaban J connectivity index is 1.54. The lowest BCUT2D eigenvalue weighted by Crippen LogP contribution is -2.47. The molecule has 1 fully saturated rings. The van der Waals surface area contributed by atoms with Crippen LogP contribution in [0.2, 0.25) is 10.0 Å². The number of piperidine rings is 1. The molecular weight excluding hydrogens is 451 g/mol. The molecule has 4 rings (SSSR count). The second-order valence-electron chi connectivity index (χ2n) is 8.59. The number of aromatic nitrogens is 2. The van der Waals surface area contributed by atoms with E-state index in [4.69, 9.17) is 23.2 Å². The van der Waals surface area contributed by atoms with E-state index in [9.17, 15) is 4.79 Å². The third kappa shape index (κ3) is 4.63. The third-order valence-corrected chi connectivity index (χ3v) is 7.97. The second-order valence-corrected chi connectivity index (χ2v) is 10.5. The number of halogens is 2. The predicted octanol–water partition coefficient (Wildman–Crippen LogP) is 5.71. The van der Waals surface area contributed by atoms with E-state index in [-0.39, 0.29) is 11.9 Å². The maximum absolute atomic E-state index is 13.3. The summed E-state index contributed by atoms with van der Waals surface area (Å²) in [6, 6.07) is 8.34. The van der Waals surface area contributed by atoms with Crippen LogP contribution in [0.3, 0.4) is 0 Å². The van der Waals surface area contributed by atoms with Crippen molar-refractivity contribution in [1.29, 1.82) is 0 Å². The van der Waals surface area contributed by atoms with Gasteiger partial charge in [0.15, 0.2) is 0 Å². The van der Waals surface area contributed by atoms with Crippen molar-refractivity contribution in [3.05, 3.63) is 50.4 Å². The Morgan fingerprint density at radius 3 is 2.61 bits per heavy atom. The van der Waals surface area contributed by atoms with Crippen LogP contribution in [-0.4, -0.2) is 57.7 Å². The van der Waals surface area contributed by atoms with Crippen LogP contribution in [0.5, 0.6) is 0 Å². The molecule has 3 heterocycles. The van der Waals surface area contributed by atoms with E-state index < -0.39 is 0 Å². The number of hydrogen-bond donors (Lipinski definition) is 0. The Morgan fingerprint density at radius 2 is 1.97 bits per heavy atom. The smallest absolute Gasteiger partial charge is 0.264 e. The number of fused-ring (bicyclic) bond motifs is 1. The minimum Gasteiger partial charge on any atom is -0.338 e. The summed E-state index contributed by atoms with van der Waals surface area (Å²) in [4.78, 5) is 19.4. The number of carbonyl (C=O) groups excluding carboxylic acids is 1. The molecule has 166 valence electrons. The molecule has 0 spiro atoms. The molecule has 0 bridgehead atoms. The van der Waals surface area contributed by atoms with E-state index in [1.807, 2.05) is 41.8 Å². The largest absolute Gasteiger partial charge is 0.338 e. The van der Waals surface area contributed by atoms with Crippen molar-refractivity contribution in [2.45, 2.75) is 52.2 Å². The second kappa shape index (κ2) is 9.10. The summed E-state index contributed by atoms with van der Waals surface area (Å²) in [7, 11) is 1.94. The van der Waals surface area contributed by atoms with E-state index in [2.05, 4.69) is 23.8 Å². The Kier molecular flexibility index (Phi) is 6.63. The van der Waals surface area contributed by atoms with Gasteiger partial charge in [-0.1, -0.05) is 29.3 Å². The number of likely N-dealkylation sites (tertiary alicyclic amines) is 1. The van der Waals surface area contributed by atoms with Gasteiger partial charge < -0.3 is 9.80 Å². The fourth-order valence-corrected chi connectivity index (χ4v) is 5.88. The van der Waals surface area contributed by atoms with Gasteiger partial charge in [-0.05, 0) is 57.4 Å². The van der Waals surface area contributed by atoms with Gasteiger partial charge in [-0.15, -0.1) is 11.3 Å². The van der Waals surface area contributed by atoms with Gasteiger partial charge >= 0.3 is 0 Å². The standard InChI is InChI=1S/C23H28Cl2N4OS/c1-14(2)28-9-7-18(8-10-28)27(4)22(30)21-12-19-15(3)26-29(23(19)31-21)13-16-5-6-17(24)11-20(16)25/h5-6,11-12,14,18H,7-10,13H2,1-4H3. The summed E-state index contributed by atoms with van der Waals surface area (Å²) in [6.07, 6.45) is 2.04. The molecule has 0 N–H and O–H groups in total. The average molecular weight is 479 g/mol. The fourth-order valence-electron chi connectivity index (χ4n) is 4.27. The summed E-state index contributed by atoms with van der Waals surface area (Å²) in [5, 5.41) is 6.94. The van der Waals surface area contributed by atoms with Crippen molar-refractivity contribution in [2.75, 3.05) is 20.1 Å². The molecule has 1 aromatic carbocycles. The van der Waals surface area contributed by atoms with Crippen LogP contribution in [0.15, 0.2) is 24.3 Å². The minimum atomic E-state index is 0.0969. The zero-order valence-electron chi connectivity index (χ0n) is 18.4. The number of rotatable bonds is 5. The van der Waals surface area contributed by atoms with Crippen LogP contribution in [0, 0.1) is 6.92 Å². The zero-order chi connectivity index (χ0) is 22.3. The lowest BCUT2D eigenvalue weighted by molar-refractivity contribution is 0.0620. The summed E-state index contributed by atoms with van der Waals surface area (Å²) in [5.41, 5.74) is 1.87. The number of amides is 1. The first-order valence-electron chi connectivity index (χ1n) is 10.7. The average Bonchev–Trinajstić information content (AvgIpc) is 3.30. The van der Waals surface area contributed by atoms with Crippen molar-refractivity contribution >= 4 is 50.7 Å². The van der Waals surface area contributed by atoms with E-state index in [1.54, 1.807) is 6.07 Å². The van der Waals surface area contributed by atoms with Gasteiger partial charge in [0.05, 0.1) is 17.1 Å². The van der Waals surface area contributed by atoms with Gasteiger partial charge in [0.25, 0.3) is 5.91 Å². The molecule has 0 aliphatic carbocycles. The van der Waals surface area contributed by atoms with Gasteiger partial charge in [0, 0.05) is 47.7 Å². The first kappa shape index (κ1) is 22.6. The van der Waals surface area contributed by atoms with E-state index in [0.717, 1.165) is 52.3 Å². The molecule has 5 nitrogen and oxygen atoms in total. The van der Waals surface area contributed by atoms with Crippen LogP contribution in [0.1, 0.15) is 47.6 Å². The lowest BCUT2D eigenvalue weighted by atomic mass is 10.0. The molecule has 0 radical (unpaired) electrons. The van der Waals surface area contributed by atoms with Crippen molar-refractivity contribution < 1.29 is 4.79 Å². The zero-order valence-corrected chi connectivity index (χ0v) is 20.7. The number of aryl methyl sites for hydroxylation is 1. The van der Waals surface area contributed by atoms with Crippen LogP contribution in [0.25, 0.3) is 10.2 Å². The fraction of sp³-hybridized carbons (Fsp3) is 0.478. The van der Waals surface area contributed by atoms with Gasteiger partial charge in [-0.25, -0.2) is 0 Å². The van der Waals surface area contributed by atoms with Crippen LogP contribution < -0.4 is 0 Å². The Morgan fingerprint density at radius 1 is 1.26 bits per heavy atom. The number of hydrogen-bond acceptors (Lipinski definition) is 4. The monoisotopic (exact) mass is 478 g/mol. The summed E-state index contributed by atoms with van der Waals surface area (Å²) < 4.78 is 1.93. The Bertz CT molecular complexity index is 1100. The van der Waals surface area contributed by atoms with Gasteiger partial charge in [-0.2, -0.15) is 5.10 Å². The molecular formula is C23H28Cl2N4OS. The highest BCUT2D eigenvalue weighted by molar-refractivity contribution is 7.20. The molecule has 1 amide bonds. The van der Waals surface area contributed by atoms with Crippen molar-refractivity contribution in [3.8, 4) is 0 Å². The van der Waals surface area contributed by atoms with Gasteiger partial charge in [0.2, 0.25) is 0 Å². The van der Waals surface area contributed by atoms with Crippen LogP contribution in [0.4, 0.5) is 0 Å². The number of thiophene rings is 1. The predicted molar refractivity (Wildman–Crippen MR) is 130 cm³/mol. The number of benzene rings is 1. The van der Waals surface area contributed by atoms with Crippen molar-refractivity contribution in [3.63, 3.8) is 0 Å². The SMILES string of the molecule is Cc1nn(Cc2ccc(Cl)cc2Cl)c2sc(C(=O)N(C)C3CCN(C(C)C)CC3)cc12. The van der Waals surface area contributed by atoms with Crippen LogP contribution >= 0.6 is 34.5 Å². The summed E-state index contributed by atoms with van der Waals surface area (Å²) in [5.74, 6) is 0.0969. The number of nitrogens with zero attached hydrogens (tertiary/aromatic N) is 4. The quantitative estimate of drug-likeness (QED) is 0.471. The Hall–Kier alpha value is -1.60. The molecule has 0 unspecified atom stereocenters. The molecule has 1 saturated heterocycles. The highest BCUT2D eigenvalue weighted by Crippen LogP contribution is 2.31. The van der Waals surface area contributed by atoms with E-state index >= 15 is 0 Å². The Labute approximate surface area is 197 Å². The molecule has 2 aromatic heterocycles. The first-order chi connectivity index (χ1) is 14.7. The molecule has 1 aliphatic rings. The van der Waals surface area contributed by atoms with Crippen LogP contribution in [-0.2, 0) is 6.54 Å². The lowest BCUT2D eigenvalue weighted by Gasteiger charge is -2.38. The molecule has 0 saturated carbocycles. The molecule has 0 atom stereocenters. The highest BCUT2D eigenvalue weighted by atomic mass is 35.5. The molecule has 1 aliphatic heterocycles. The first-order valence-corrected chi connectivity index (χ1v) is 12.2. The van der Waals surface area contributed by atoms with E-state index in [0.29, 0.717) is 22.6 Å². The topological polar surface area (TPSA) is 41.4 Å². The normalized spacial score (nSPS) is 15.8. The molecule has 3 aromatic rings. The maximum Gasteiger partial charge on any atom is 0.264 e. The van der Waals surface area contributed by atoms with Crippen molar-refractivity contribution in [2.24, 2.45) is 0 Å². The van der Waals surface area contributed by atoms with Gasteiger partial charge in [-0.3, -0.25) is 9.48 Å². The molecule has 31 heavy (non-hydrogen) atoms. The third-order valence-electron chi connectivity index (χ3n) is 6.25. The van der Waals surface area contributed by atoms with Gasteiger partial charge in [0.1, 0.15) is 4.83 Å². The molecule has 8 heteroatoms. The van der Waals surface area contributed by atoms with Crippen molar-refractivity contribution in [1.82, 2.24) is 19.6 Å². The number of carbonyl (C=O) groups is 1. The summed E-state index contributed by atoms with van der Waals surface area (Å²) in [6.45, 7) is 9.07.